The quantitative estimate of drug-likeness (QED) is 0.430. The summed E-state index contributed by atoms with van der Waals surface area (Å²) in [7, 11) is 0. The van der Waals surface area contributed by atoms with Gasteiger partial charge < -0.3 is 40.1 Å². The average Bonchev–Trinajstić information content (AvgIpc) is 3.51. The molecule has 8 heterocycles. The Morgan fingerprint density at radius 2 is 1.22 bits per heavy atom. The number of hydrogen-bond acceptors (Lipinski definition) is 10. The van der Waals surface area contributed by atoms with Crippen molar-refractivity contribution < 1.29 is 9.47 Å². The molecule has 0 aliphatic carbocycles. The third-order valence-electron chi connectivity index (χ3n) is 8.51. The molecule has 8 rings (SSSR count). The van der Waals surface area contributed by atoms with Gasteiger partial charge in [-0.25, -0.2) is 9.97 Å². The van der Waals surface area contributed by atoms with E-state index < -0.39 is 0 Å². The van der Waals surface area contributed by atoms with Crippen LogP contribution in [0.25, 0.3) is 0 Å². The van der Waals surface area contributed by atoms with E-state index in [4.69, 9.17) is 26.1 Å². The normalized spacial score (nSPS) is 31.0. The molecule has 0 amide bonds. The molecule has 41 heavy (non-hydrogen) atoms. The van der Waals surface area contributed by atoms with Crippen LogP contribution in [0.5, 0.6) is 0 Å². The Morgan fingerprint density at radius 3 is 1.78 bits per heavy atom. The number of nitrogens with one attached hydrogen (secondary N) is 3. The maximum Gasteiger partial charge on any atom is 0.152 e. The number of hydrogen-bond donors (Lipinski definition) is 3. The summed E-state index contributed by atoms with van der Waals surface area (Å²) < 4.78 is 11.2. The Hall–Kier alpha value is -2.53. The van der Waals surface area contributed by atoms with E-state index in [1.54, 1.807) is 0 Å². The van der Waals surface area contributed by atoms with E-state index in [1.807, 2.05) is 12.1 Å². The Kier molecular flexibility index (Phi) is 8.62. The number of halogens is 1. The van der Waals surface area contributed by atoms with Gasteiger partial charge in [0.05, 0.1) is 35.8 Å². The molecule has 6 aliphatic heterocycles. The van der Waals surface area contributed by atoms with Gasteiger partial charge >= 0.3 is 0 Å². The number of nitrogens with zero attached hydrogens (tertiary/aromatic N) is 5. The van der Waals surface area contributed by atoms with Crippen LogP contribution in [0.3, 0.4) is 0 Å². The molecule has 4 saturated heterocycles. The van der Waals surface area contributed by atoms with Crippen molar-refractivity contribution in [3.8, 4) is 0 Å². The number of aromatic nitrogens is 2. The number of anilines is 5. The van der Waals surface area contributed by atoms with Crippen LogP contribution in [-0.4, -0.2) is 98.8 Å². The van der Waals surface area contributed by atoms with E-state index in [-0.39, 0.29) is 12.2 Å². The van der Waals surface area contributed by atoms with Crippen molar-refractivity contribution in [3.63, 3.8) is 0 Å². The fourth-order valence-electron chi connectivity index (χ4n) is 6.70. The number of rotatable bonds is 1. The van der Waals surface area contributed by atoms with Gasteiger partial charge in [-0.1, -0.05) is 11.6 Å². The zero-order valence-electron chi connectivity index (χ0n) is 24.8. The number of ether oxygens (including phenoxy) is 2. The molecular weight excluding hydrogens is 540 g/mol. The second-order valence-corrected chi connectivity index (χ2v) is 12.7. The molecule has 0 spiro atoms. The zero-order chi connectivity index (χ0) is 28.5. The molecule has 6 aliphatic rings. The zero-order valence-corrected chi connectivity index (χ0v) is 25.5. The minimum absolute atomic E-state index is 0.268. The summed E-state index contributed by atoms with van der Waals surface area (Å²) in [5.41, 5.74) is 2.45. The summed E-state index contributed by atoms with van der Waals surface area (Å²) in [5.74, 6) is 3.07. The highest BCUT2D eigenvalue weighted by molar-refractivity contribution is 6.29. The Bertz CT molecular complexity index is 1190. The summed E-state index contributed by atoms with van der Waals surface area (Å²) in [6.07, 6.45) is 3.76. The molecule has 224 valence electrons. The van der Waals surface area contributed by atoms with E-state index >= 15 is 0 Å². The fraction of sp³-hybridized carbons (Fsp3) is 0.667. The molecule has 10 nitrogen and oxygen atoms in total. The lowest BCUT2D eigenvalue weighted by Gasteiger charge is -2.37. The monoisotopic (exact) mass is 584 g/mol. The van der Waals surface area contributed by atoms with Crippen LogP contribution in [0.15, 0.2) is 24.3 Å². The van der Waals surface area contributed by atoms with Crippen molar-refractivity contribution in [3.05, 3.63) is 29.4 Å². The first-order valence-electron chi connectivity index (χ1n) is 15.3. The second-order valence-electron chi connectivity index (χ2n) is 12.3. The highest BCUT2D eigenvalue weighted by Crippen LogP contribution is 2.36. The predicted molar refractivity (Wildman–Crippen MR) is 167 cm³/mol. The van der Waals surface area contributed by atoms with Gasteiger partial charge in [-0.3, -0.25) is 0 Å². The largest absolute Gasteiger partial charge is 0.373 e. The van der Waals surface area contributed by atoms with Crippen LogP contribution in [-0.2, 0) is 9.47 Å². The Morgan fingerprint density at radius 1 is 0.683 bits per heavy atom. The molecular formula is C30H45ClN8O2. The average molecular weight is 585 g/mol. The van der Waals surface area contributed by atoms with E-state index in [1.165, 1.54) is 24.2 Å². The maximum absolute atomic E-state index is 5.82. The molecule has 3 N–H and O–H groups in total. The van der Waals surface area contributed by atoms with Crippen LogP contribution >= 0.6 is 11.6 Å². The summed E-state index contributed by atoms with van der Waals surface area (Å²) >= 11 is 5.82. The van der Waals surface area contributed by atoms with Crippen molar-refractivity contribution >= 4 is 40.4 Å². The van der Waals surface area contributed by atoms with Crippen molar-refractivity contribution in [1.82, 2.24) is 15.3 Å². The Labute approximate surface area is 249 Å². The summed E-state index contributed by atoms with van der Waals surface area (Å²) in [4.78, 5) is 16.3. The third kappa shape index (κ3) is 6.77. The first-order chi connectivity index (χ1) is 19.8. The number of pyridine rings is 2. The molecule has 4 fully saturated rings. The number of morpholine rings is 2. The van der Waals surface area contributed by atoms with Gasteiger partial charge in [0.25, 0.3) is 0 Å². The first-order valence-corrected chi connectivity index (χ1v) is 15.7. The van der Waals surface area contributed by atoms with Crippen molar-refractivity contribution in [2.24, 2.45) is 0 Å². The third-order valence-corrected chi connectivity index (χ3v) is 8.72. The smallest absolute Gasteiger partial charge is 0.152 e. The van der Waals surface area contributed by atoms with E-state index in [9.17, 15) is 0 Å². The highest BCUT2D eigenvalue weighted by atomic mass is 35.5. The molecule has 4 bridgehead atoms. The van der Waals surface area contributed by atoms with Gasteiger partial charge in [-0.15, -0.1) is 0 Å². The molecule has 0 unspecified atom stereocenters. The van der Waals surface area contributed by atoms with E-state index in [0.29, 0.717) is 29.4 Å². The molecule has 2 aromatic rings. The van der Waals surface area contributed by atoms with Gasteiger partial charge in [0.1, 0.15) is 11.0 Å². The van der Waals surface area contributed by atoms with Gasteiger partial charge in [0.2, 0.25) is 0 Å². The standard InChI is InChI=1S/C15H22N4O.C9H10ClN3.C6H13NO/c1-10-7-19(8-11(2)20-10)14-4-3-13-15(17-14)16-12-5-6-18(13)9-12;10-8-2-1-7-9(12-8)11-6-3-4-13(7)5-6;1-5-3-7-4-6(2)8-5/h3-4,10-12H,5-9H2,1-2H3,(H,16,17);1-2,6H,3-5H2,(H,11,12);5-7H,3-4H2,1-2H3/t10-,11+,12-;6-;5-,6+/m11./s1. The maximum atomic E-state index is 5.82. The second kappa shape index (κ2) is 12.4. The topological polar surface area (TPSA) is 90.1 Å². The SMILES string of the molecule is C[C@@H]1CN(c2ccc3c(n2)N[C@@H]2CCN3C2)C[C@H](C)O1.C[C@@H]1CNC[C@H](C)O1.Clc1ccc2c(n1)N[C@@H]1CCN2C1. The predicted octanol–water partition coefficient (Wildman–Crippen LogP) is 3.82. The van der Waals surface area contributed by atoms with Crippen LogP contribution in [0.1, 0.15) is 40.5 Å². The van der Waals surface area contributed by atoms with E-state index in [2.05, 4.69) is 75.5 Å². The van der Waals surface area contributed by atoms with Crippen molar-refractivity contribution in [2.75, 3.05) is 77.7 Å². The van der Waals surface area contributed by atoms with Crippen LogP contribution < -0.4 is 30.7 Å². The van der Waals surface area contributed by atoms with E-state index in [0.717, 1.165) is 69.8 Å². The van der Waals surface area contributed by atoms with Crippen molar-refractivity contribution in [1.29, 1.82) is 0 Å². The lowest BCUT2D eigenvalue weighted by atomic mass is 10.2. The highest BCUT2D eigenvalue weighted by Gasteiger charge is 2.32. The minimum atomic E-state index is 0.268. The first kappa shape index (κ1) is 28.6. The van der Waals surface area contributed by atoms with Crippen LogP contribution in [0.2, 0.25) is 5.15 Å². The fourth-order valence-corrected chi connectivity index (χ4v) is 6.84. The minimum Gasteiger partial charge on any atom is -0.373 e. The molecule has 2 aromatic heterocycles. The summed E-state index contributed by atoms with van der Waals surface area (Å²) in [6, 6.07) is 9.41. The molecule has 6 atom stereocenters. The van der Waals surface area contributed by atoms with Gasteiger partial charge in [-0.05, 0) is 64.8 Å². The number of fused-ring (bicyclic) bond motifs is 8. The lowest BCUT2D eigenvalue weighted by Crippen LogP contribution is -2.46. The van der Waals surface area contributed by atoms with Crippen molar-refractivity contribution in [2.45, 2.75) is 77.0 Å². The van der Waals surface area contributed by atoms with Gasteiger partial charge in [0, 0.05) is 64.4 Å². The summed E-state index contributed by atoms with van der Waals surface area (Å²) in [5, 5.41) is 10.8. The Balaban J connectivity index is 0.000000123. The molecule has 0 radical (unpaired) electrons. The molecule has 0 saturated carbocycles. The van der Waals surface area contributed by atoms with Gasteiger partial charge in [-0.2, -0.15) is 0 Å². The van der Waals surface area contributed by atoms with Crippen LogP contribution in [0, 0.1) is 0 Å². The molecule has 11 heteroatoms. The van der Waals surface area contributed by atoms with Crippen LogP contribution in [0.4, 0.5) is 28.8 Å². The van der Waals surface area contributed by atoms with Gasteiger partial charge in [0.15, 0.2) is 11.6 Å². The lowest BCUT2D eigenvalue weighted by molar-refractivity contribution is -0.0166. The summed E-state index contributed by atoms with van der Waals surface area (Å²) in [6.45, 7) is 16.8. The molecule has 0 aromatic carbocycles.